The number of carbonyl (C=O) groups is 2. The summed E-state index contributed by atoms with van der Waals surface area (Å²) in [5.74, 6) is -1.51. The van der Waals surface area contributed by atoms with Crippen LogP contribution in [0.15, 0.2) is 47.1 Å². The van der Waals surface area contributed by atoms with E-state index in [1.54, 1.807) is 60.0 Å². The van der Waals surface area contributed by atoms with Crippen molar-refractivity contribution < 1.29 is 19.1 Å². The van der Waals surface area contributed by atoms with Crippen molar-refractivity contribution in [3.63, 3.8) is 0 Å². The number of rotatable bonds is 5. The van der Waals surface area contributed by atoms with Gasteiger partial charge in [-0.25, -0.2) is 9.59 Å². The number of pyridine rings is 1. The zero-order valence-electron chi connectivity index (χ0n) is 16.1. The Bertz CT molecular complexity index is 704. The molecule has 1 aliphatic heterocycles. The van der Waals surface area contributed by atoms with E-state index in [0.717, 1.165) is 5.56 Å². The molecule has 0 spiro atoms. The van der Waals surface area contributed by atoms with Gasteiger partial charge in [0.1, 0.15) is 0 Å². The zero-order valence-corrected chi connectivity index (χ0v) is 16.1. The van der Waals surface area contributed by atoms with E-state index >= 15 is 0 Å². The molecule has 1 N–H and O–H groups in total. The summed E-state index contributed by atoms with van der Waals surface area (Å²) < 4.78 is 10.8. The predicted molar refractivity (Wildman–Crippen MR) is 98.0 cm³/mol. The standard InChI is InChI=1S/C20H26N2O4/c1-11(2)25-19(23)16-13(5)22-14(6)17(20(24)26-12(3)4)18(16)15-8-7-9-21-10-15/h7-12,18,22H,1-6H3. The van der Waals surface area contributed by atoms with Gasteiger partial charge in [-0.05, 0) is 53.2 Å². The van der Waals surface area contributed by atoms with Gasteiger partial charge in [0.15, 0.2) is 0 Å². The molecule has 0 fully saturated rings. The first-order valence-electron chi connectivity index (χ1n) is 8.72. The molecule has 2 rings (SSSR count). The van der Waals surface area contributed by atoms with Crippen LogP contribution in [0.25, 0.3) is 0 Å². The highest BCUT2D eigenvalue weighted by molar-refractivity contribution is 5.99. The van der Waals surface area contributed by atoms with Crippen molar-refractivity contribution in [2.45, 2.75) is 59.7 Å². The fraction of sp³-hybridized carbons (Fsp3) is 0.450. The molecule has 0 radical (unpaired) electrons. The van der Waals surface area contributed by atoms with Crippen molar-refractivity contribution in [2.24, 2.45) is 0 Å². The van der Waals surface area contributed by atoms with Crippen molar-refractivity contribution in [3.8, 4) is 0 Å². The maximum atomic E-state index is 12.8. The largest absolute Gasteiger partial charge is 0.460 e. The van der Waals surface area contributed by atoms with E-state index in [0.29, 0.717) is 22.5 Å². The van der Waals surface area contributed by atoms with E-state index in [2.05, 4.69) is 10.3 Å². The summed E-state index contributed by atoms with van der Waals surface area (Å²) in [6, 6.07) is 3.62. The molecule has 1 aliphatic rings. The lowest BCUT2D eigenvalue weighted by atomic mass is 9.81. The van der Waals surface area contributed by atoms with Gasteiger partial charge in [0.25, 0.3) is 0 Å². The lowest BCUT2D eigenvalue weighted by Crippen LogP contribution is -2.33. The third-order valence-electron chi connectivity index (χ3n) is 3.90. The van der Waals surface area contributed by atoms with Crippen LogP contribution in [0.3, 0.4) is 0 Å². The normalized spacial score (nSPS) is 15.4. The molecule has 0 amide bonds. The second-order valence-electron chi connectivity index (χ2n) is 6.83. The van der Waals surface area contributed by atoms with E-state index in [9.17, 15) is 9.59 Å². The van der Waals surface area contributed by atoms with Gasteiger partial charge < -0.3 is 14.8 Å². The lowest BCUT2D eigenvalue weighted by Gasteiger charge is -2.31. The van der Waals surface area contributed by atoms with Crippen LogP contribution in [-0.2, 0) is 19.1 Å². The minimum Gasteiger partial charge on any atom is -0.460 e. The number of hydrogen-bond donors (Lipinski definition) is 1. The molecule has 140 valence electrons. The molecule has 0 saturated heterocycles. The summed E-state index contributed by atoms with van der Waals surface area (Å²) in [6.07, 6.45) is 2.77. The highest BCUT2D eigenvalue weighted by atomic mass is 16.5. The highest BCUT2D eigenvalue weighted by Crippen LogP contribution is 2.39. The monoisotopic (exact) mass is 358 g/mol. The number of esters is 2. The first kappa shape index (κ1) is 19.7. The summed E-state index contributed by atoms with van der Waals surface area (Å²) in [4.78, 5) is 29.7. The number of dihydropyridines is 1. The third-order valence-corrected chi connectivity index (χ3v) is 3.90. The van der Waals surface area contributed by atoms with Crippen LogP contribution in [0.5, 0.6) is 0 Å². The Hall–Kier alpha value is -2.63. The van der Waals surface area contributed by atoms with Gasteiger partial charge in [-0.15, -0.1) is 0 Å². The number of nitrogens with one attached hydrogen (secondary N) is 1. The second kappa shape index (κ2) is 8.17. The Morgan fingerprint density at radius 1 is 1.00 bits per heavy atom. The smallest absolute Gasteiger partial charge is 0.337 e. The molecule has 1 aromatic rings. The summed E-state index contributed by atoms with van der Waals surface area (Å²) in [6.45, 7) is 10.8. The van der Waals surface area contributed by atoms with E-state index in [1.165, 1.54) is 0 Å². The minimum absolute atomic E-state index is 0.268. The van der Waals surface area contributed by atoms with E-state index in [4.69, 9.17) is 9.47 Å². The number of allylic oxidation sites excluding steroid dienone is 2. The maximum absolute atomic E-state index is 12.8. The Balaban J connectivity index is 2.58. The molecular formula is C20H26N2O4. The quantitative estimate of drug-likeness (QED) is 0.815. The molecule has 6 nitrogen and oxygen atoms in total. The molecule has 0 aliphatic carbocycles. The van der Waals surface area contributed by atoms with E-state index in [-0.39, 0.29) is 12.2 Å². The Morgan fingerprint density at radius 3 is 1.88 bits per heavy atom. The average Bonchev–Trinajstić information content (AvgIpc) is 2.53. The lowest BCUT2D eigenvalue weighted by molar-refractivity contribution is -0.143. The SMILES string of the molecule is CC1=C(C(=O)OC(C)C)C(c2cccnc2)C(C(=O)OC(C)C)=C(C)N1. The van der Waals surface area contributed by atoms with Crippen LogP contribution in [0.4, 0.5) is 0 Å². The molecular weight excluding hydrogens is 332 g/mol. The van der Waals surface area contributed by atoms with Crippen molar-refractivity contribution in [2.75, 3.05) is 0 Å². The number of carbonyl (C=O) groups excluding carboxylic acids is 2. The second-order valence-corrected chi connectivity index (χ2v) is 6.83. The first-order chi connectivity index (χ1) is 12.2. The van der Waals surface area contributed by atoms with Crippen molar-refractivity contribution in [1.29, 1.82) is 0 Å². The molecule has 0 bridgehead atoms. The van der Waals surface area contributed by atoms with Gasteiger partial charge in [-0.3, -0.25) is 4.98 Å². The van der Waals surface area contributed by atoms with Crippen molar-refractivity contribution in [1.82, 2.24) is 10.3 Å². The minimum atomic E-state index is -0.595. The predicted octanol–water partition coefficient (Wildman–Crippen LogP) is 3.22. The molecule has 1 aromatic heterocycles. The Labute approximate surface area is 154 Å². The van der Waals surface area contributed by atoms with Gasteiger partial charge >= 0.3 is 11.9 Å². The van der Waals surface area contributed by atoms with Gasteiger partial charge in [0.2, 0.25) is 0 Å². The summed E-state index contributed by atoms with van der Waals surface area (Å²) >= 11 is 0. The molecule has 26 heavy (non-hydrogen) atoms. The summed E-state index contributed by atoms with van der Waals surface area (Å²) in [7, 11) is 0. The molecule has 0 atom stereocenters. The van der Waals surface area contributed by atoms with Gasteiger partial charge in [-0.1, -0.05) is 6.07 Å². The molecule has 0 unspecified atom stereocenters. The van der Waals surface area contributed by atoms with Crippen LogP contribution in [0.1, 0.15) is 53.0 Å². The van der Waals surface area contributed by atoms with Crippen LogP contribution in [-0.4, -0.2) is 29.1 Å². The topological polar surface area (TPSA) is 77.5 Å². The van der Waals surface area contributed by atoms with Gasteiger partial charge in [-0.2, -0.15) is 0 Å². The third kappa shape index (κ3) is 4.31. The number of hydrogen-bond acceptors (Lipinski definition) is 6. The fourth-order valence-corrected chi connectivity index (χ4v) is 2.97. The van der Waals surface area contributed by atoms with Gasteiger partial charge in [0.05, 0.1) is 29.3 Å². The number of nitrogens with zero attached hydrogens (tertiary/aromatic N) is 1. The summed E-state index contributed by atoms with van der Waals surface area (Å²) in [5, 5.41) is 3.12. The molecule has 0 aromatic carbocycles. The zero-order chi connectivity index (χ0) is 19.4. The molecule has 6 heteroatoms. The molecule has 2 heterocycles. The number of ether oxygens (including phenoxy) is 2. The van der Waals surface area contributed by atoms with Gasteiger partial charge in [0, 0.05) is 23.8 Å². The van der Waals surface area contributed by atoms with Crippen LogP contribution >= 0.6 is 0 Å². The summed E-state index contributed by atoms with van der Waals surface area (Å²) in [5.41, 5.74) is 2.84. The van der Waals surface area contributed by atoms with Crippen LogP contribution in [0, 0.1) is 0 Å². The maximum Gasteiger partial charge on any atom is 0.337 e. The Morgan fingerprint density at radius 2 is 1.50 bits per heavy atom. The van der Waals surface area contributed by atoms with Crippen molar-refractivity contribution >= 4 is 11.9 Å². The average molecular weight is 358 g/mol. The van der Waals surface area contributed by atoms with Crippen LogP contribution in [0.2, 0.25) is 0 Å². The number of aromatic nitrogens is 1. The first-order valence-corrected chi connectivity index (χ1v) is 8.72. The van der Waals surface area contributed by atoms with Crippen molar-refractivity contribution in [3.05, 3.63) is 52.6 Å². The Kier molecular flexibility index (Phi) is 6.18. The fourth-order valence-electron chi connectivity index (χ4n) is 2.97. The van der Waals surface area contributed by atoms with E-state index in [1.807, 2.05) is 6.07 Å². The van der Waals surface area contributed by atoms with E-state index < -0.39 is 17.9 Å². The molecule has 0 saturated carbocycles. The van der Waals surface area contributed by atoms with Crippen LogP contribution < -0.4 is 5.32 Å². The highest BCUT2D eigenvalue weighted by Gasteiger charge is 2.38.